The third-order valence-corrected chi connectivity index (χ3v) is 5.63. The molecule has 1 heterocycles. The van der Waals surface area contributed by atoms with Crippen molar-refractivity contribution < 1.29 is 13.9 Å². The second-order valence-corrected chi connectivity index (χ2v) is 8.03. The number of carbonyl (C=O) groups excluding carboxylic acids is 1. The Bertz CT molecular complexity index is 933. The minimum absolute atomic E-state index is 0.0341. The van der Waals surface area contributed by atoms with E-state index in [4.69, 9.17) is 4.74 Å². The van der Waals surface area contributed by atoms with Gasteiger partial charge in [0.2, 0.25) is 5.13 Å². The molecule has 27 heavy (non-hydrogen) atoms. The third kappa shape index (κ3) is 5.51. The van der Waals surface area contributed by atoms with Crippen molar-refractivity contribution >= 4 is 34.1 Å². The molecule has 1 atom stereocenters. The highest BCUT2D eigenvalue weighted by atomic mass is 32.2. The summed E-state index contributed by atoms with van der Waals surface area (Å²) in [6.45, 7) is 3.60. The molecule has 0 spiro atoms. The van der Waals surface area contributed by atoms with Crippen molar-refractivity contribution in [3.8, 4) is 5.75 Å². The molecule has 1 amide bonds. The number of benzene rings is 2. The first-order valence-corrected chi connectivity index (χ1v) is 10.1. The fraction of sp³-hybridized carbons (Fsp3) is 0.211. The largest absolute Gasteiger partial charge is 0.478 e. The van der Waals surface area contributed by atoms with Crippen molar-refractivity contribution in [2.75, 3.05) is 5.32 Å². The zero-order valence-electron chi connectivity index (χ0n) is 14.8. The number of para-hydroxylation sites is 1. The van der Waals surface area contributed by atoms with Gasteiger partial charge in [-0.2, -0.15) is 0 Å². The van der Waals surface area contributed by atoms with Crippen LogP contribution in [-0.4, -0.2) is 22.2 Å². The fourth-order valence-electron chi connectivity index (χ4n) is 2.26. The summed E-state index contributed by atoms with van der Waals surface area (Å²) >= 11 is 2.85. The minimum atomic E-state index is -0.866. The van der Waals surface area contributed by atoms with Crippen LogP contribution in [0, 0.1) is 12.7 Å². The lowest BCUT2D eigenvalue weighted by Crippen LogP contribution is -2.30. The summed E-state index contributed by atoms with van der Waals surface area (Å²) < 4.78 is 19.7. The molecule has 0 radical (unpaired) electrons. The van der Waals surface area contributed by atoms with Gasteiger partial charge in [0.1, 0.15) is 0 Å². The monoisotopic (exact) mass is 403 g/mol. The number of thioether (sulfide) groups is 1. The Kier molecular flexibility index (Phi) is 6.41. The Balaban J connectivity index is 1.53. The molecule has 8 heteroatoms. The summed E-state index contributed by atoms with van der Waals surface area (Å²) in [6, 6.07) is 14.2. The van der Waals surface area contributed by atoms with Crippen LogP contribution in [0.2, 0.25) is 0 Å². The second-order valence-electron chi connectivity index (χ2n) is 5.83. The maximum atomic E-state index is 13.6. The lowest BCUT2D eigenvalue weighted by molar-refractivity contribution is -0.122. The van der Waals surface area contributed by atoms with Crippen LogP contribution < -0.4 is 10.1 Å². The van der Waals surface area contributed by atoms with Crippen LogP contribution in [0.4, 0.5) is 9.52 Å². The number of anilines is 1. The number of nitrogens with one attached hydrogen (secondary N) is 1. The zero-order chi connectivity index (χ0) is 19.2. The van der Waals surface area contributed by atoms with E-state index in [0.717, 1.165) is 10.1 Å². The van der Waals surface area contributed by atoms with Crippen molar-refractivity contribution in [2.45, 2.75) is 30.0 Å². The van der Waals surface area contributed by atoms with Gasteiger partial charge in [-0.3, -0.25) is 10.1 Å². The van der Waals surface area contributed by atoms with Crippen LogP contribution >= 0.6 is 23.1 Å². The Hall–Kier alpha value is -2.45. The van der Waals surface area contributed by atoms with E-state index in [1.807, 2.05) is 6.07 Å². The smallest absolute Gasteiger partial charge is 0.266 e. The maximum absolute atomic E-state index is 13.6. The Morgan fingerprint density at radius 2 is 2.07 bits per heavy atom. The summed E-state index contributed by atoms with van der Waals surface area (Å²) in [4.78, 5) is 12.2. The molecule has 0 saturated heterocycles. The first-order chi connectivity index (χ1) is 13.0. The molecular weight excluding hydrogens is 385 g/mol. The van der Waals surface area contributed by atoms with E-state index in [2.05, 4.69) is 40.6 Å². The quantitative estimate of drug-likeness (QED) is 0.458. The highest BCUT2D eigenvalue weighted by Gasteiger charge is 2.18. The maximum Gasteiger partial charge on any atom is 0.266 e. The number of rotatable bonds is 7. The van der Waals surface area contributed by atoms with E-state index in [9.17, 15) is 9.18 Å². The van der Waals surface area contributed by atoms with Gasteiger partial charge < -0.3 is 4.74 Å². The zero-order valence-corrected chi connectivity index (χ0v) is 16.4. The van der Waals surface area contributed by atoms with E-state index < -0.39 is 17.8 Å². The first kappa shape index (κ1) is 19.3. The number of aromatic nitrogens is 2. The van der Waals surface area contributed by atoms with E-state index in [1.54, 1.807) is 30.8 Å². The summed E-state index contributed by atoms with van der Waals surface area (Å²) in [5.74, 6) is -0.115. The van der Waals surface area contributed by atoms with Crippen molar-refractivity contribution in [2.24, 2.45) is 0 Å². The first-order valence-electron chi connectivity index (χ1n) is 8.25. The molecule has 0 saturated carbocycles. The van der Waals surface area contributed by atoms with Gasteiger partial charge in [0, 0.05) is 5.75 Å². The fourth-order valence-corrected chi connectivity index (χ4v) is 3.95. The molecule has 1 N–H and O–H groups in total. The highest BCUT2D eigenvalue weighted by molar-refractivity contribution is 8.00. The highest BCUT2D eigenvalue weighted by Crippen LogP contribution is 2.28. The predicted molar refractivity (Wildman–Crippen MR) is 106 cm³/mol. The molecule has 2 aromatic carbocycles. The van der Waals surface area contributed by atoms with Crippen LogP contribution in [-0.2, 0) is 10.5 Å². The van der Waals surface area contributed by atoms with Gasteiger partial charge in [-0.15, -0.1) is 10.2 Å². The Morgan fingerprint density at radius 3 is 2.85 bits per heavy atom. The molecule has 0 aliphatic rings. The van der Waals surface area contributed by atoms with Crippen LogP contribution in [0.3, 0.4) is 0 Å². The van der Waals surface area contributed by atoms with Gasteiger partial charge in [0.25, 0.3) is 5.91 Å². The van der Waals surface area contributed by atoms with Crippen molar-refractivity contribution in [1.29, 1.82) is 0 Å². The number of nitrogens with zero attached hydrogens (tertiary/aromatic N) is 2. The summed E-state index contributed by atoms with van der Waals surface area (Å²) in [5.41, 5.74) is 2.41. The van der Waals surface area contributed by atoms with Crippen molar-refractivity contribution in [3.05, 3.63) is 65.5 Å². The number of aryl methyl sites for hydroxylation is 1. The average Bonchev–Trinajstić information content (AvgIpc) is 3.09. The van der Waals surface area contributed by atoms with Crippen LogP contribution in [0.1, 0.15) is 18.1 Å². The second kappa shape index (κ2) is 8.96. The third-order valence-electron chi connectivity index (χ3n) is 3.59. The summed E-state index contributed by atoms with van der Waals surface area (Å²) in [5, 5.41) is 11.1. The summed E-state index contributed by atoms with van der Waals surface area (Å²) in [7, 11) is 0. The van der Waals surface area contributed by atoms with Crippen molar-refractivity contribution in [3.63, 3.8) is 0 Å². The molecule has 0 bridgehead atoms. The molecular formula is C19H18FN3O2S2. The predicted octanol–water partition coefficient (Wildman–Crippen LogP) is 4.68. The Morgan fingerprint density at radius 1 is 1.26 bits per heavy atom. The SMILES string of the molecule is Cc1cccc(CSc2nnc(NC(=O)C(C)Oc3ccccc3F)s2)c1. The molecule has 1 unspecified atom stereocenters. The number of hydrogen-bond acceptors (Lipinski definition) is 6. The Labute approximate surface area is 165 Å². The summed E-state index contributed by atoms with van der Waals surface area (Å²) in [6.07, 6.45) is -0.866. The van der Waals surface area contributed by atoms with Gasteiger partial charge in [-0.25, -0.2) is 4.39 Å². The van der Waals surface area contributed by atoms with Gasteiger partial charge in [0.15, 0.2) is 22.0 Å². The van der Waals surface area contributed by atoms with E-state index in [0.29, 0.717) is 5.13 Å². The van der Waals surface area contributed by atoms with Crippen molar-refractivity contribution in [1.82, 2.24) is 10.2 Å². The number of ether oxygens (including phenoxy) is 1. The van der Waals surface area contributed by atoms with E-state index in [1.165, 1.54) is 34.6 Å². The molecule has 3 aromatic rings. The number of carbonyl (C=O) groups is 1. The average molecular weight is 404 g/mol. The van der Waals surface area contributed by atoms with Crippen LogP contribution in [0.25, 0.3) is 0 Å². The normalized spacial score (nSPS) is 11.8. The molecule has 3 rings (SSSR count). The van der Waals surface area contributed by atoms with E-state index >= 15 is 0 Å². The van der Waals surface area contributed by atoms with Gasteiger partial charge >= 0.3 is 0 Å². The lowest BCUT2D eigenvalue weighted by Gasteiger charge is -2.13. The molecule has 0 fully saturated rings. The standard InChI is InChI=1S/C19H18FN3O2S2/c1-12-6-5-7-14(10-12)11-26-19-23-22-18(27-19)21-17(24)13(2)25-16-9-4-3-8-15(16)20/h3-10,13H,11H2,1-2H3,(H,21,22,24). The van der Waals surface area contributed by atoms with E-state index in [-0.39, 0.29) is 5.75 Å². The lowest BCUT2D eigenvalue weighted by atomic mass is 10.2. The number of amides is 1. The van der Waals surface area contributed by atoms with Crippen LogP contribution in [0.5, 0.6) is 5.75 Å². The molecule has 1 aromatic heterocycles. The topological polar surface area (TPSA) is 64.1 Å². The van der Waals surface area contributed by atoms with Crippen LogP contribution in [0.15, 0.2) is 52.9 Å². The molecule has 0 aliphatic heterocycles. The number of hydrogen-bond donors (Lipinski definition) is 1. The molecule has 140 valence electrons. The molecule has 0 aliphatic carbocycles. The van der Waals surface area contributed by atoms with Gasteiger partial charge in [-0.05, 0) is 31.5 Å². The minimum Gasteiger partial charge on any atom is -0.478 e. The van der Waals surface area contributed by atoms with Gasteiger partial charge in [-0.1, -0.05) is 65.1 Å². The molecule has 5 nitrogen and oxygen atoms in total. The van der Waals surface area contributed by atoms with Gasteiger partial charge in [0.05, 0.1) is 0 Å². The number of halogens is 1.